The van der Waals surface area contributed by atoms with E-state index in [9.17, 15) is 14.9 Å². The van der Waals surface area contributed by atoms with E-state index in [2.05, 4.69) is 21.9 Å². The van der Waals surface area contributed by atoms with E-state index in [1.165, 1.54) is 12.1 Å². The molecule has 31 heavy (non-hydrogen) atoms. The first-order chi connectivity index (χ1) is 14.9. The van der Waals surface area contributed by atoms with Gasteiger partial charge in [-0.05, 0) is 49.2 Å². The number of anilines is 2. The predicted octanol–water partition coefficient (Wildman–Crippen LogP) is 3.28. The van der Waals surface area contributed by atoms with Gasteiger partial charge in [-0.25, -0.2) is 0 Å². The summed E-state index contributed by atoms with van der Waals surface area (Å²) in [6.07, 6.45) is 0.284. The zero-order valence-electron chi connectivity index (χ0n) is 18.0. The van der Waals surface area contributed by atoms with E-state index in [0.717, 1.165) is 48.7 Å². The average Bonchev–Trinajstić information content (AvgIpc) is 2.74. The van der Waals surface area contributed by atoms with Crippen LogP contribution >= 0.6 is 0 Å². The van der Waals surface area contributed by atoms with E-state index < -0.39 is 4.92 Å². The van der Waals surface area contributed by atoms with Gasteiger partial charge in [0.05, 0.1) is 24.0 Å². The van der Waals surface area contributed by atoms with Gasteiger partial charge in [0.2, 0.25) is 5.91 Å². The van der Waals surface area contributed by atoms with Crippen LogP contribution in [0, 0.1) is 35.3 Å². The van der Waals surface area contributed by atoms with E-state index in [1.807, 2.05) is 26.0 Å². The molecule has 1 heterocycles. The molecule has 0 aliphatic carbocycles. The minimum absolute atomic E-state index is 0.0102. The van der Waals surface area contributed by atoms with Crippen LogP contribution in [0.4, 0.5) is 17.1 Å². The molecule has 0 atom stereocenters. The highest BCUT2D eigenvalue weighted by atomic mass is 16.6. The number of piperazine rings is 1. The first kappa shape index (κ1) is 22.2. The lowest BCUT2D eigenvalue weighted by Gasteiger charge is -2.36. The van der Waals surface area contributed by atoms with Crippen molar-refractivity contribution in [3.8, 4) is 6.07 Å². The molecule has 1 saturated heterocycles. The van der Waals surface area contributed by atoms with Crippen LogP contribution in [0.25, 0.3) is 0 Å². The Morgan fingerprint density at radius 3 is 2.26 bits per heavy atom. The molecule has 2 aromatic rings. The summed E-state index contributed by atoms with van der Waals surface area (Å²) in [5.74, 6) is -0.0102. The van der Waals surface area contributed by atoms with Crippen molar-refractivity contribution in [3.63, 3.8) is 0 Å². The van der Waals surface area contributed by atoms with Gasteiger partial charge in [0, 0.05) is 56.2 Å². The number of carbonyl (C=O) groups excluding carboxylic acids is 1. The molecular weight excluding hydrogens is 394 g/mol. The highest BCUT2D eigenvalue weighted by Crippen LogP contribution is 2.22. The maximum Gasteiger partial charge on any atom is 0.269 e. The monoisotopic (exact) mass is 421 g/mol. The third-order valence-corrected chi connectivity index (χ3v) is 5.42. The van der Waals surface area contributed by atoms with Crippen molar-refractivity contribution in [2.75, 3.05) is 49.1 Å². The summed E-state index contributed by atoms with van der Waals surface area (Å²) < 4.78 is 0. The number of nitro groups is 1. The number of carbonyl (C=O) groups is 1. The first-order valence-electron chi connectivity index (χ1n) is 10.3. The number of non-ortho nitro benzene ring substituents is 1. The van der Waals surface area contributed by atoms with Gasteiger partial charge < -0.3 is 9.80 Å². The lowest BCUT2D eigenvalue weighted by Crippen LogP contribution is -2.50. The number of nitriles is 1. The Hall–Kier alpha value is -3.44. The van der Waals surface area contributed by atoms with Crippen molar-refractivity contribution in [1.82, 2.24) is 4.90 Å². The number of nitrogens with zero attached hydrogens (tertiary/aromatic N) is 5. The summed E-state index contributed by atoms with van der Waals surface area (Å²) in [4.78, 5) is 29.5. The standard InChI is InChI=1S/C23H27N5O3/c1-18-14-19(2)16-22(15-18)27(9-3-8-24)23(29)17-25-10-12-26(13-11-25)20-4-6-21(7-5-20)28(30)31/h4-7,14-16H,3,9-13,17H2,1-2H3. The summed E-state index contributed by atoms with van der Waals surface area (Å²) in [7, 11) is 0. The minimum atomic E-state index is -0.402. The second-order valence-electron chi connectivity index (χ2n) is 7.84. The molecule has 1 fully saturated rings. The van der Waals surface area contributed by atoms with Gasteiger partial charge in [-0.2, -0.15) is 5.26 Å². The third kappa shape index (κ3) is 5.80. The molecule has 8 heteroatoms. The summed E-state index contributed by atoms with van der Waals surface area (Å²) in [5, 5.41) is 19.8. The number of nitro benzene ring substituents is 1. The molecule has 1 amide bonds. The highest BCUT2D eigenvalue weighted by molar-refractivity contribution is 5.95. The third-order valence-electron chi connectivity index (χ3n) is 5.42. The van der Waals surface area contributed by atoms with Gasteiger partial charge in [-0.3, -0.25) is 19.8 Å². The molecule has 8 nitrogen and oxygen atoms in total. The van der Waals surface area contributed by atoms with Gasteiger partial charge in [0.25, 0.3) is 5.69 Å². The van der Waals surface area contributed by atoms with Crippen LogP contribution in [-0.2, 0) is 4.79 Å². The Balaban J connectivity index is 1.61. The van der Waals surface area contributed by atoms with Crippen molar-refractivity contribution in [1.29, 1.82) is 5.26 Å². The molecule has 1 aliphatic rings. The predicted molar refractivity (Wildman–Crippen MR) is 120 cm³/mol. The van der Waals surface area contributed by atoms with E-state index in [0.29, 0.717) is 13.1 Å². The fourth-order valence-electron chi connectivity index (χ4n) is 3.89. The van der Waals surface area contributed by atoms with E-state index in [1.54, 1.807) is 17.0 Å². The van der Waals surface area contributed by atoms with Crippen molar-refractivity contribution < 1.29 is 9.72 Å². The van der Waals surface area contributed by atoms with Crippen LogP contribution < -0.4 is 9.80 Å². The fraction of sp³-hybridized carbons (Fsp3) is 0.391. The number of amides is 1. The highest BCUT2D eigenvalue weighted by Gasteiger charge is 2.23. The number of aryl methyl sites for hydroxylation is 2. The number of rotatable bonds is 7. The van der Waals surface area contributed by atoms with Crippen molar-refractivity contribution in [2.24, 2.45) is 0 Å². The fourth-order valence-corrected chi connectivity index (χ4v) is 3.89. The van der Waals surface area contributed by atoms with Gasteiger partial charge in [-0.15, -0.1) is 0 Å². The van der Waals surface area contributed by atoms with E-state index in [4.69, 9.17) is 5.26 Å². The van der Waals surface area contributed by atoms with E-state index in [-0.39, 0.29) is 18.0 Å². The molecular formula is C23H27N5O3. The normalized spacial score (nSPS) is 14.2. The van der Waals surface area contributed by atoms with Crippen LogP contribution in [0.2, 0.25) is 0 Å². The van der Waals surface area contributed by atoms with Crippen molar-refractivity contribution in [2.45, 2.75) is 20.3 Å². The average molecular weight is 422 g/mol. The minimum Gasteiger partial charge on any atom is -0.369 e. The van der Waals surface area contributed by atoms with Crippen molar-refractivity contribution >= 4 is 23.0 Å². The molecule has 1 aliphatic heterocycles. The number of hydrogen-bond donors (Lipinski definition) is 0. The Morgan fingerprint density at radius 2 is 1.71 bits per heavy atom. The second-order valence-corrected chi connectivity index (χ2v) is 7.84. The van der Waals surface area contributed by atoms with Gasteiger partial charge in [0.15, 0.2) is 0 Å². The number of benzene rings is 2. The Labute approximate surface area is 182 Å². The van der Waals surface area contributed by atoms with Crippen LogP contribution in [0.1, 0.15) is 17.5 Å². The molecule has 0 N–H and O–H groups in total. The maximum atomic E-state index is 13.1. The molecule has 162 valence electrons. The molecule has 0 spiro atoms. The van der Waals surface area contributed by atoms with Crippen LogP contribution in [-0.4, -0.2) is 55.0 Å². The van der Waals surface area contributed by atoms with Crippen molar-refractivity contribution in [3.05, 3.63) is 63.7 Å². The molecule has 0 radical (unpaired) electrons. The Bertz CT molecular complexity index is 955. The lowest BCUT2D eigenvalue weighted by molar-refractivity contribution is -0.384. The van der Waals surface area contributed by atoms with Gasteiger partial charge >= 0.3 is 0 Å². The molecule has 0 aromatic heterocycles. The van der Waals surface area contributed by atoms with Gasteiger partial charge in [-0.1, -0.05) is 6.07 Å². The van der Waals surface area contributed by atoms with E-state index >= 15 is 0 Å². The maximum absolute atomic E-state index is 13.1. The van der Waals surface area contributed by atoms with Crippen LogP contribution in [0.5, 0.6) is 0 Å². The number of hydrogen-bond acceptors (Lipinski definition) is 6. The second kappa shape index (κ2) is 10.0. The van der Waals surface area contributed by atoms with Crippen LogP contribution in [0.15, 0.2) is 42.5 Å². The molecule has 0 bridgehead atoms. The smallest absolute Gasteiger partial charge is 0.269 e. The summed E-state index contributed by atoms with van der Waals surface area (Å²) >= 11 is 0. The zero-order chi connectivity index (χ0) is 22.4. The molecule has 0 saturated carbocycles. The van der Waals surface area contributed by atoms with Crippen LogP contribution in [0.3, 0.4) is 0 Å². The molecule has 0 unspecified atom stereocenters. The summed E-state index contributed by atoms with van der Waals surface area (Å²) in [6, 6.07) is 14.7. The summed E-state index contributed by atoms with van der Waals surface area (Å²) in [5.41, 5.74) is 4.03. The quantitative estimate of drug-likeness (QED) is 0.503. The Morgan fingerprint density at radius 1 is 1.10 bits per heavy atom. The molecule has 3 rings (SSSR count). The Kier molecular flexibility index (Phi) is 7.21. The topological polar surface area (TPSA) is 93.7 Å². The largest absolute Gasteiger partial charge is 0.369 e. The SMILES string of the molecule is Cc1cc(C)cc(N(CCC#N)C(=O)CN2CCN(c3ccc([N+](=O)[O-])cc3)CC2)c1. The first-order valence-corrected chi connectivity index (χ1v) is 10.3. The molecule has 2 aromatic carbocycles. The lowest BCUT2D eigenvalue weighted by atomic mass is 10.1. The van der Waals surface area contributed by atoms with Gasteiger partial charge in [0.1, 0.15) is 0 Å². The zero-order valence-corrected chi connectivity index (χ0v) is 18.0. The summed E-state index contributed by atoms with van der Waals surface area (Å²) in [6.45, 7) is 7.61.